The summed E-state index contributed by atoms with van der Waals surface area (Å²) < 4.78 is 6.99. The third kappa shape index (κ3) is 3.45. The van der Waals surface area contributed by atoms with E-state index in [1.807, 2.05) is 14.0 Å². The maximum absolute atomic E-state index is 11.0. The van der Waals surface area contributed by atoms with Crippen molar-refractivity contribution in [3.8, 4) is 5.88 Å². The van der Waals surface area contributed by atoms with Gasteiger partial charge in [0.1, 0.15) is 0 Å². The fourth-order valence-corrected chi connectivity index (χ4v) is 1.68. The molecular formula is C11H20N4O2. The van der Waals surface area contributed by atoms with E-state index in [1.54, 1.807) is 18.8 Å². The first-order valence-electron chi connectivity index (χ1n) is 5.58. The van der Waals surface area contributed by atoms with Gasteiger partial charge in [0.2, 0.25) is 11.8 Å². The number of hydrogen-bond acceptors (Lipinski definition) is 4. The molecule has 0 bridgehead atoms. The van der Waals surface area contributed by atoms with Gasteiger partial charge in [-0.15, -0.1) is 0 Å². The Kier molecular flexibility index (Phi) is 4.96. The number of nitrogens with one attached hydrogen (secondary N) is 2. The Morgan fingerprint density at radius 3 is 2.82 bits per heavy atom. The standard InChI is InChI=1S/C11H20N4O2/c1-8-9(11(17-4)15(3)14-8)7-13-6-5-10(16)12-2/h13H,5-7H2,1-4H3,(H,12,16). The predicted octanol–water partition coefficient (Wildman–Crippen LogP) is -0.0372. The maximum atomic E-state index is 11.0. The first-order valence-corrected chi connectivity index (χ1v) is 5.58. The van der Waals surface area contributed by atoms with E-state index in [2.05, 4.69) is 15.7 Å². The van der Waals surface area contributed by atoms with Crippen LogP contribution in [0.25, 0.3) is 0 Å². The third-order valence-electron chi connectivity index (χ3n) is 2.59. The molecule has 0 atom stereocenters. The number of carbonyl (C=O) groups is 1. The van der Waals surface area contributed by atoms with Crippen molar-refractivity contribution in [1.82, 2.24) is 20.4 Å². The summed E-state index contributed by atoms with van der Waals surface area (Å²) in [6.45, 7) is 3.23. The Bertz CT molecular complexity index is 387. The summed E-state index contributed by atoms with van der Waals surface area (Å²) in [5.74, 6) is 0.794. The molecule has 1 heterocycles. The molecule has 0 saturated carbocycles. The summed E-state index contributed by atoms with van der Waals surface area (Å²) in [7, 11) is 5.11. The van der Waals surface area contributed by atoms with Crippen molar-refractivity contribution in [3.63, 3.8) is 0 Å². The average molecular weight is 240 g/mol. The molecule has 0 unspecified atom stereocenters. The third-order valence-corrected chi connectivity index (χ3v) is 2.59. The number of aryl methyl sites for hydroxylation is 2. The van der Waals surface area contributed by atoms with Crippen LogP contribution in [0, 0.1) is 6.92 Å². The molecule has 2 N–H and O–H groups in total. The molecule has 0 spiro atoms. The smallest absolute Gasteiger partial charge is 0.221 e. The molecule has 0 aromatic carbocycles. The predicted molar refractivity (Wildman–Crippen MR) is 64.9 cm³/mol. The monoisotopic (exact) mass is 240 g/mol. The lowest BCUT2D eigenvalue weighted by atomic mass is 10.2. The van der Waals surface area contributed by atoms with Crippen molar-refractivity contribution in [1.29, 1.82) is 0 Å². The SMILES string of the molecule is CNC(=O)CCNCc1c(C)nn(C)c1OC. The van der Waals surface area contributed by atoms with E-state index in [-0.39, 0.29) is 5.91 Å². The number of ether oxygens (including phenoxy) is 1. The van der Waals surface area contributed by atoms with Crippen LogP contribution in [0.1, 0.15) is 17.7 Å². The maximum Gasteiger partial charge on any atom is 0.221 e. The molecule has 6 heteroatoms. The van der Waals surface area contributed by atoms with Gasteiger partial charge < -0.3 is 15.4 Å². The lowest BCUT2D eigenvalue weighted by molar-refractivity contribution is -0.120. The normalized spacial score (nSPS) is 10.4. The number of amides is 1. The van der Waals surface area contributed by atoms with E-state index in [4.69, 9.17) is 4.74 Å². The molecule has 0 fully saturated rings. The molecule has 1 rings (SSSR count). The van der Waals surface area contributed by atoms with Gasteiger partial charge in [0.25, 0.3) is 0 Å². The van der Waals surface area contributed by atoms with Gasteiger partial charge in [-0.3, -0.25) is 4.79 Å². The first-order chi connectivity index (χ1) is 8.10. The van der Waals surface area contributed by atoms with Gasteiger partial charge in [-0.2, -0.15) is 5.10 Å². The molecule has 0 radical (unpaired) electrons. The highest BCUT2D eigenvalue weighted by Crippen LogP contribution is 2.20. The molecule has 0 aliphatic carbocycles. The van der Waals surface area contributed by atoms with Crippen LogP contribution < -0.4 is 15.4 Å². The summed E-state index contributed by atoms with van der Waals surface area (Å²) in [5.41, 5.74) is 1.98. The summed E-state index contributed by atoms with van der Waals surface area (Å²) in [5, 5.41) is 10.1. The Labute approximate surface area is 101 Å². The van der Waals surface area contributed by atoms with E-state index >= 15 is 0 Å². The number of carbonyl (C=O) groups excluding carboxylic acids is 1. The largest absolute Gasteiger partial charge is 0.481 e. The van der Waals surface area contributed by atoms with Gasteiger partial charge in [0.05, 0.1) is 18.4 Å². The van der Waals surface area contributed by atoms with Crippen molar-refractivity contribution in [2.24, 2.45) is 7.05 Å². The minimum atomic E-state index is 0.0346. The van der Waals surface area contributed by atoms with E-state index < -0.39 is 0 Å². The zero-order valence-corrected chi connectivity index (χ0v) is 10.8. The number of rotatable bonds is 6. The fourth-order valence-electron chi connectivity index (χ4n) is 1.68. The van der Waals surface area contributed by atoms with Crippen molar-refractivity contribution in [2.75, 3.05) is 20.7 Å². The zero-order valence-electron chi connectivity index (χ0n) is 10.8. The van der Waals surface area contributed by atoms with E-state index in [9.17, 15) is 4.79 Å². The Morgan fingerprint density at radius 2 is 2.24 bits per heavy atom. The highest BCUT2D eigenvalue weighted by atomic mass is 16.5. The Balaban J connectivity index is 2.49. The van der Waals surface area contributed by atoms with Crippen LogP contribution >= 0.6 is 0 Å². The molecule has 17 heavy (non-hydrogen) atoms. The second-order valence-electron chi connectivity index (χ2n) is 3.80. The van der Waals surface area contributed by atoms with Gasteiger partial charge >= 0.3 is 0 Å². The van der Waals surface area contributed by atoms with E-state index in [1.165, 1.54) is 0 Å². The number of methoxy groups -OCH3 is 1. The molecule has 0 saturated heterocycles. The summed E-state index contributed by atoms with van der Waals surface area (Å²) in [6.07, 6.45) is 0.470. The van der Waals surface area contributed by atoms with Crippen LogP contribution in [0.5, 0.6) is 5.88 Å². The quantitative estimate of drug-likeness (QED) is 0.685. The van der Waals surface area contributed by atoms with Gasteiger partial charge in [0.15, 0.2) is 0 Å². The number of aromatic nitrogens is 2. The summed E-state index contributed by atoms with van der Waals surface area (Å²) in [6, 6.07) is 0. The van der Waals surface area contributed by atoms with Crippen LogP contribution in [0.3, 0.4) is 0 Å². The second kappa shape index (κ2) is 6.24. The zero-order chi connectivity index (χ0) is 12.8. The van der Waals surface area contributed by atoms with Crippen molar-refractivity contribution in [2.45, 2.75) is 19.9 Å². The minimum Gasteiger partial charge on any atom is -0.481 e. The lowest BCUT2D eigenvalue weighted by Gasteiger charge is -2.06. The van der Waals surface area contributed by atoms with E-state index in [0.717, 1.165) is 17.1 Å². The molecule has 1 aromatic heterocycles. The molecule has 6 nitrogen and oxygen atoms in total. The molecule has 0 aliphatic heterocycles. The van der Waals surface area contributed by atoms with Crippen molar-refractivity contribution >= 4 is 5.91 Å². The van der Waals surface area contributed by atoms with Gasteiger partial charge in [-0.05, 0) is 6.92 Å². The molecular weight excluding hydrogens is 220 g/mol. The van der Waals surface area contributed by atoms with Crippen LogP contribution in [0.2, 0.25) is 0 Å². The average Bonchev–Trinajstić information content (AvgIpc) is 2.58. The summed E-state index contributed by atoms with van der Waals surface area (Å²) in [4.78, 5) is 11.0. The highest BCUT2D eigenvalue weighted by Gasteiger charge is 2.12. The van der Waals surface area contributed by atoms with E-state index in [0.29, 0.717) is 19.5 Å². The van der Waals surface area contributed by atoms with Crippen molar-refractivity contribution < 1.29 is 9.53 Å². The summed E-state index contributed by atoms with van der Waals surface area (Å²) >= 11 is 0. The topological polar surface area (TPSA) is 68.2 Å². The van der Waals surface area contributed by atoms with Crippen molar-refractivity contribution in [3.05, 3.63) is 11.3 Å². The van der Waals surface area contributed by atoms with Gasteiger partial charge in [0, 0.05) is 33.6 Å². The van der Waals surface area contributed by atoms with Gasteiger partial charge in [-0.25, -0.2) is 4.68 Å². The lowest BCUT2D eigenvalue weighted by Crippen LogP contribution is -2.24. The first kappa shape index (κ1) is 13.5. The highest BCUT2D eigenvalue weighted by molar-refractivity contribution is 5.75. The number of hydrogen-bond donors (Lipinski definition) is 2. The Morgan fingerprint density at radius 1 is 1.53 bits per heavy atom. The fraction of sp³-hybridized carbons (Fsp3) is 0.636. The van der Waals surface area contributed by atoms with Gasteiger partial charge in [-0.1, -0.05) is 0 Å². The number of nitrogens with zero attached hydrogens (tertiary/aromatic N) is 2. The molecule has 0 aliphatic rings. The molecule has 1 amide bonds. The van der Waals surface area contributed by atoms with Crippen LogP contribution in [0.4, 0.5) is 0 Å². The Hall–Kier alpha value is -1.56. The molecule has 96 valence electrons. The molecule has 1 aromatic rings. The van der Waals surface area contributed by atoms with Crippen LogP contribution in [0.15, 0.2) is 0 Å². The second-order valence-corrected chi connectivity index (χ2v) is 3.80. The van der Waals surface area contributed by atoms with Crippen LogP contribution in [-0.4, -0.2) is 36.4 Å². The van der Waals surface area contributed by atoms with Crippen LogP contribution in [-0.2, 0) is 18.4 Å². The minimum absolute atomic E-state index is 0.0346.